The molecule has 0 spiro atoms. The molecular weight excluding hydrogens is 296 g/mol. The summed E-state index contributed by atoms with van der Waals surface area (Å²) in [7, 11) is 0. The molecule has 1 aromatic heterocycles. The van der Waals surface area contributed by atoms with Crippen LogP contribution in [0.1, 0.15) is 15.9 Å². The van der Waals surface area contributed by atoms with E-state index >= 15 is 0 Å². The second-order valence-corrected chi connectivity index (χ2v) is 4.87. The summed E-state index contributed by atoms with van der Waals surface area (Å²) in [6, 6.07) is 4.13. The van der Waals surface area contributed by atoms with Crippen LogP contribution in [0.3, 0.4) is 0 Å². The second kappa shape index (κ2) is 6.18. The fourth-order valence-electron chi connectivity index (χ4n) is 1.70. The van der Waals surface area contributed by atoms with Gasteiger partial charge in [-0.25, -0.2) is 14.8 Å². The maximum Gasteiger partial charge on any atom is 0.343 e. The summed E-state index contributed by atoms with van der Waals surface area (Å²) in [6.07, 6.45) is 2.90. The van der Waals surface area contributed by atoms with Crippen LogP contribution < -0.4 is 5.73 Å². The number of carboxylic acids is 1. The lowest BCUT2D eigenvalue weighted by molar-refractivity contribution is -0.385. The first kappa shape index (κ1) is 14.7. The van der Waals surface area contributed by atoms with E-state index in [4.69, 9.17) is 5.73 Å². The fourth-order valence-corrected chi connectivity index (χ4v) is 2.57. The van der Waals surface area contributed by atoms with Gasteiger partial charge in [-0.05, 0) is 5.56 Å². The first-order valence-electron chi connectivity index (χ1n) is 5.69. The summed E-state index contributed by atoms with van der Waals surface area (Å²) in [5.74, 6) is -0.929. The van der Waals surface area contributed by atoms with Crippen molar-refractivity contribution in [3.05, 3.63) is 51.8 Å². The Balaban J connectivity index is 2.32. The van der Waals surface area contributed by atoms with E-state index in [2.05, 4.69) is 9.97 Å². The molecule has 0 aliphatic heterocycles. The number of hydrogen-bond donors (Lipinski definition) is 2. The van der Waals surface area contributed by atoms with Gasteiger partial charge in [0, 0.05) is 24.2 Å². The molecule has 0 bridgehead atoms. The fraction of sp³-hybridized carbons (Fsp3) is 0.0833. The van der Waals surface area contributed by atoms with E-state index in [1.165, 1.54) is 36.3 Å². The maximum absolute atomic E-state index is 11.3. The van der Waals surface area contributed by atoms with Crippen LogP contribution in [0, 0.1) is 10.1 Å². The van der Waals surface area contributed by atoms with Gasteiger partial charge in [-0.15, -0.1) is 0 Å². The van der Waals surface area contributed by atoms with E-state index in [1.54, 1.807) is 0 Å². The van der Waals surface area contributed by atoms with Crippen molar-refractivity contribution in [2.24, 2.45) is 0 Å². The summed E-state index contributed by atoms with van der Waals surface area (Å²) in [5.41, 5.74) is 5.21. The van der Waals surface area contributed by atoms with Crippen molar-refractivity contribution in [2.75, 3.05) is 5.73 Å². The molecule has 1 heterocycles. The monoisotopic (exact) mass is 306 g/mol. The van der Waals surface area contributed by atoms with Gasteiger partial charge in [0.2, 0.25) is 0 Å². The maximum atomic E-state index is 11.3. The van der Waals surface area contributed by atoms with Crippen LogP contribution in [0.4, 0.5) is 11.5 Å². The van der Waals surface area contributed by atoms with Crippen molar-refractivity contribution in [3.8, 4) is 0 Å². The molecule has 9 heteroatoms. The smallest absolute Gasteiger partial charge is 0.343 e. The molecule has 0 aliphatic rings. The Morgan fingerprint density at radius 2 is 2.10 bits per heavy atom. The summed E-state index contributed by atoms with van der Waals surface area (Å²) in [6.45, 7) is 0. The van der Waals surface area contributed by atoms with Gasteiger partial charge in [-0.3, -0.25) is 10.1 Å². The Hall–Kier alpha value is -2.68. The number of thioether (sulfide) groups is 1. The number of rotatable bonds is 5. The van der Waals surface area contributed by atoms with Crippen molar-refractivity contribution in [2.45, 2.75) is 10.8 Å². The molecule has 8 nitrogen and oxygen atoms in total. The molecule has 0 aliphatic carbocycles. The van der Waals surface area contributed by atoms with Gasteiger partial charge in [-0.1, -0.05) is 23.9 Å². The number of aromatic nitrogens is 2. The molecule has 0 saturated heterocycles. The number of nitrogens with zero attached hydrogens (tertiary/aromatic N) is 3. The summed E-state index contributed by atoms with van der Waals surface area (Å²) in [5, 5.41) is 20.5. The molecule has 0 unspecified atom stereocenters. The average Bonchev–Trinajstić information content (AvgIpc) is 2.45. The van der Waals surface area contributed by atoms with E-state index in [0.29, 0.717) is 10.6 Å². The topological polar surface area (TPSA) is 132 Å². The third-order valence-electron chi connectivity index (χ3n) is 2.59. The highest BCUT2D eigenvalue weighted by Gasteiger charge is 2.23. The quantitative estimate of drug-likeness (QED) is 0.486. The number of hydrogen-bond acceptors (Lipinski definition) is 7. The van der Waals surface area contributed by atoms with Gasteiger partial charge < -0.3 is 10.8 Å². The predicted molar refractivity (Wildman–Crippen MR) is 76.1 cm³/mol. The molecule has 0 atom stereocenters. The third kappa shape index (κ3) is 3.26. The molecule has 1 aromatic carbocycles. The highest BCUT2D eigenvalue weighted by Crippen LogP contribution is 2.29. The molecule has 0 saturated carbocycles. The number of carboxylic acid groups (broad SMARTS) is 1. The van der Waals surface area contributed by atoms with Crippen molar-refractivity contribution in [1.29, 1.82) is 0 Å². The zero-order valence-electron chi connectivity index (χ0n) is 10.6. The van der Waals surface area contributed by atoms with Gasteiger partial charge in [-0.2, -0.15) is 0 Å². The number of carbonyl (C=O) groups is 1. The van der Waals surface area contributed by atoms with E-state index in [1.807, 2.05) is 0 Å². The molecule has 108 valence electrons. The minimum atomic E-state index is -1.34. The average molecular weight is 306 g/mol. The molecule has 0 amide bonds. The largest absolute Gasteiger partial charge is 0.477 e. The molecule has 0 fully saturated rings. The van der Waals surface area contributed by atoms with Crippen LogP contribution in [0.25, 0.3) is 0 Å². The molecule has 3 N–H and O–H groups in total. The number of nitrogens with two attached hydrogens (primary N) is 1. The van der Waals surface area contributed by atoms with E-state index in [0.717, 1.165) is 6.07 Å². The Labute approximate surface area is 123 Å². The summed E-state index contributed by atoms with van der Waals surface area (Å²) < 4.78 is 0. The Bertz CT molecular complexity index is 707. The number of benzene rings is 1. The van der Waals surface area contributed by atoms with Gasteiger partial charge in [0.15, 0.2) is 5.82 Å². The van der Waals surface area contributed by atoms with Crippen LogP contribution in [-0.2, 0) is 5.75 Å². The Kier molecular flexibility index (Phi) is 4.33. The highest BCUT2D eigenvalue weighted by atomic mass is 32.2. The zero-order valence-corrected chi connectivity index (χ0v) is 11.4. The molecule has 0 radical (unpaired) electrons. The van der Waals surface area contributed by atoms with Gasteiger partial charge in [0.1, 0.15) is 10.6 Å². The lowest BCUT2D eigenvalue weighted by Crippen LogP contribution is -2.06. The van der Waals surface area contributed by atoms with Crippen molar-refractivity contribution in [3.63, 3.8) is 0 Å². The number of nitro groups is 1. The lowest BCUT2D eigenvalue weighted by Gasteiger charge is -2.07. The number of anilines is 1. The minimum absolute atomic E-state index is 0.187. The summed E-state index contributed by atoms with van der Waals surface area (Å²) >= 11 is 1.17. The van der Waals surface area contributed by atoms with Crippen molar-refractivity contribution >= 4 is 29.2 Å². The zero-order chi connectivity index (χ0) is 15.4. The SMILES string of the molecule is Nc1nccnc1SCc1cccc([N+](=O)[O-])c1C(=O)O. The standard InChI is InChI=1S/C12H10N4O4S/c13-10-11(15-5-4-14-10)21-6-7-2-1-3-8(16(19)20)9(7)12(17)18/h1-5H,6H2,(H2,13,14)(H,17,18). The highest BCUT2D eigenvalue weighted by molar-refractivity contribution is 7.98. The molecule has 21 heavy (non-hydrogen) atoms. The first-order valence-corrected chi connectivity index (χ1v) is 6.68. The van der Waals surface area contributed by atoms with Crippen LogP contribution in [0.15, 0.2) is 35.6 Å². The molecule has 2 aromatic rings. The lowest BCUT2D eigenvalue weighted by atomic mass is 10.1. The third-order valence-corrected chi connectivity index (χ3v) is 3.64. The van der Waals surface area contributed by atoms with E-state index in [-0.39, 0.29) is 17.1 Å². The van der Waals surface area contributed by atoms with Crippen molar-refractivity contribution < 1.29 is 14.8 Å². The predicted octanol–water partition coefficient (Wildman–Crippen LogP) is 1.96. The number of nitro benzene ring substituents is 1. The number of nitrogen functional groups attached to an aromatic ring is 1. The Morgan fingerprint density at radius 3 is 2.71 bits per heavy atom. The second-order valence-electron chi connectivity index (χ2n) is 3.91. The molecule has 2 rings (SSSR count). The van der Waals surface area contributed by atoms with Gasteiger partial charge >= 0.3 is 5.97 Å². The van der Waals surface area contributed by atoms with E-state index in [9.17, 15) is 20.0 Å². The minimum Gasteiger partial charge on any atom is -0.477 e. The van der Waals surface area contributed by atoms with Crippen LogP contribution in [0.2, 0.25) is 0 Å². The van der Waals surface area contributed by atoms with E-state index < -0.39 is 16.6 Å². The van der Waals surface area contributed by atoms with Gasteiger partial charge in [0.25, 0.3) is 5.69 Å². The van der Waals surface area contributed by atoms with Crippen LogP contribution in [-0.4, -0.2) is 26.0 Å². The van der Waals surface area contributed by atoms with Crippen LogP contribution in [0.5, 0.6) is 0 Å². The molecular formula is C12H10N4O4S. The number of aromatic carboxylic acids is 1. The first-order chi connectivity index (χ1) is 10.0. The van der Waals surface area contributed by atoms with Crippen LogP contribution >= 0.6 is 11.8 Å². The van der Waals surface area contributed by atoms with Crippen molar-refractivity contribution in [1.82, 2.24) is 9.97 Å². The van der Waals surface area contributed by atoms with Gasteiger partial charge in [0.05, 0.1) is 4.92 Å². The normalized spacial score (nSPS) is 10.3. The Morgan fingerprint density at radius 1 is 1.38 bits per heavy atom. The summed E-state index contributed by atoms with van der Waals surface area (Å²) in [4.78, 5) is 29.3.